The van der Waals surface area contributed by atoms with Gasteiger partial charge in [0.2, 0.25) is 5.91 Å². The summed E-state index contributed by atoms with van der Waals surface area (Å²) in [7, 11) is 1.70. The van der Waals surface area contributed by atoms with Crippen molar-refractivity contribution in [1.29, 1.82) is 0 Å². The van der Waals surface area contributed by atoms with Gasteiger partial charge in [0.05, 0.1) is 6.54 Å². The topological polar surface area (TPSA) is 50.4 Å². The quantitative estimate of drug-likeness (QED) is 0.536. The van der Waals surface area contributed by atoms with Gasteiger partial charge in [-0.15, -0.1) is 0 Å². The maximum atomic E-state index is 11.1. The first kappa shape index (κ1) is 13.4. The summed E-state index contributed by atoms with van der Waals surface area (Å²) in [4.78, 5) is 11.1. The second-order valence-corrected chi connectivity index (χ2v) is 3.23. The number of carbonyl (C=O) groups is 1. The van der Waals surface area contributed by atoms with Crippen LogP contribution in [0.15, 0.2) is 0 Å². The normalized spacial score (nSPS) is 10.1. The number of hydrogen-bond acceptors (Lipinski definition) is 3. The van der Waals surface area contributed by atoms with Gasteiger partial charge in [-0.1, -0.05) is 6.92 Å². The van der Waals surface area contributed by atoms with Gasteiger partial charge in [-0.25, -0.2) is 0 Å². The molecule has 4 nitrogen and oxygen atoms in total. The van der Waals surface area contributed by atoms with Gasteiger partial charge in [0.1, 0.15) is 0 Å². The Morgan fingerprint density at radius 3 is 2.71 bits per heavy atom. The van der Waals surface area contributed by atoms with Crippen LogP contribution in [0.3, 0.4) is 0 Å². The van der Waals surface area contributed by atoms with Crippen LogP contribution in [-0.2, 0) is 9.53 Å². The number of hydrogen-bond donors (Lipinski definition) is 2. The van der Waals surface area contributed by atoms with E-state index in [1.54, 1.807) is 7.11 Å². The minimum Gasteiger partial charge on any atom is -0.385 e. The average Bonchev–Trinajstić information content (AvgIpc) is 2.20. The summed E-state index contributed by atoms with van der Waals surface area (Å²) < 4.78 is 4.92. The van der Waals surface area contributed by atoms with Crippen molar-refractivity contribution in [3.63, 3.8) is 0 Å². The molecule has 0 aromatic rings. The molecule has 0 unspecified atom stereocenters. The molecular formula is C10H22N2O2. The van der Waals surface area contributed by atoms with E-state index < -0.39 is 0 Å². The van der Waals surface area contributed by atoms with Crippen molar-refractivity contribution >= 4 is 5.91 Å². The van der Waals surface area contributed by atoms with Gasteiger partial charge in [-0.05, 0) is 25.8 Å². The lowest BCUT2D eigenvalue weighted by Crippen LogP contribution is -2.34. The first-order valence-corrected chi connectivity index (χ1v) is 5.27. The summed E-state index contributed by atoms with van der Waals surface area (Å²) in [5.74, 6) is 0.0820. The van der Waals surface area contributed by atoms with Gasteiger partial charge < -0.3 is 15.4 Å². The van der Waals surface area contributed by atoms with Crippen LogP contribution in [0.2, 0.25) is 0 Å². The minimum atomic E-state index is 0.0820. The molecule has 0 aliphatic heterocycles. The highest BCUT2D eigenvalue weighted by Gasteiger charge is 1.97. The van der Waals surface area contributed by atoms with Crippen LogP contribution in [-0.4, -0.2) is 39.3 Å². The Kier molecular flexibility index (Phi) is 10.0. The molecule has 0 atom stereocenters. The molecule has 0 heterocycles. The lowest BCUT2D eigenvalue weighted by molar-refractivity contribution is -0.120. The molecule has 0 fully saturated rings. The molecule has 2 N–H and O–H groups in total. The Bertz CT molecular complexity index is 140. The lowest BCUT2D eigenvalue weighted by Gasteiger charge is -2.05. The fourth-order valence-electron chi connectivity index (χ4n) is 1.03. The van der Waals surface area contributed by atoms with Crippen molar-refractivity contribution in [3.8, 4) is 0 Å². The van der Waals surface area contributed by atoms with E-state index in [4.69, 9.17) is 4.74 Å². The fraction of sp³-hybridized carbons (Fsp3) is 0.900. The predicted molar refractivity (Wildman–Crippen MR) is 57.3 cm³/mol. The standard InChI is InChI=1S/C10H22N2O2/c1-3-6-12-10(13)9-11-7-4-5-8-14-2/h11H,3-9H2,1-2H3,(H,12,13). The van der Waals surface area contributed by atoms with E-state index in [2.05, 4.69) is 10.6 Å². The highest BCUT2D eigenvalue weighted by Crippen LogP contribution is 1.86. The molecule has 1 amide bonds. The van der Waals surface area contributed by atoms with E-state index in [-0.39, 0.29) is 5.91 Å². The van der Waals surface area contributed by atoms with Crippen LogP contribution in [0.4, 0.5) is 0 Å². The molecule has 0 aliphatic rings. The highest BCUT2D eigenvalue weighted by molar-refractivity contribution is 5.77. The van der Waals surface area contributed by atoms with Crippen LogP contribution in [0.1, 0.15) is 26.2 Å². The maximum Gasteiger partial charge on any atom is 0.233 e. The fourth-order valence-corrected chi connectivity index (χ4v) is 1.03. The number of ether oxygens (including phenoxy) is 1. The van der Waals surface area contributed by atoms with Gasteiger partial charge in [-0.2, -0.15) is 0 Å². The molecule has 0 saturated heterocycles. The van der Waals surface area contributed by atoms with E-state index in [1.807, 2.05) is 6.92 Å². The van der Waals surface area contributed by atoms with Crippen molar-refractivity contribution in [2.45, 2.75) is 26.2 Å². The van der Waals surface area contributed by atoms with E-state index in [0.717, 1.165) is 39.0 Å². The maximum absolute atomic E-state index is 11.1. The number of rotatable bonds is 9. The zero-order chi connectivity index (χ0) is 10.6. The van der Waals surface area contributed by atoms with E-state index in [1.165, 1.54) is 0 Å². The van der Waals surface area contributed by atoms with Crippen LogP contribution in [0, 0.1) is 0 Å². The first-order valence-electron chi connectivity index (χ1n) is 5.27. The Hall–Kier alpha value is -0.610. The molecular weight excluding hydrogens is 180 g/mol. The molecule has 0 radical (unpaired) electrons. The third kappa shape index (κ3) is 9.48. The Morgan fingerprint density at radius 2 is 2.07 bits per heavy atom. The number of unbranched alkanes of at least 4 members (excludes halogenated alkanes) is 1. The molecule has 0 spiro atoms. The molecule has 4 heteroatoms. The molecule has 14 heavy (non-hydrogen) atoms. The van der Waals surface area contributed by atoms with Gasteiger partial charge >= 0.3 is 0 Å². The highest BCUT2D eigenvalue weighted by atomic mass is 16.5. The molecule has 0 aromatic carbocycles. The van der Waals surface area contributed by atoms with Crippen LogP contribution >= 0.6 is 0 Å². The van der Waals surface area contributed by atoms with Gasteiger partial charge in [0.25, 0.3) is 0 Å². The van der Waals surface area contributed by atoms with Gasteiger partial charge in [0.15, 0.2) is 0 Å². The zero-order valence-electron chi connectivity index (χ0n) is 9.27. The average molecular weight is 202 g/mol. The first-order chi connectivity index (χ1) is 6.81. The Labute approximate surface area is 86.4 Å². The second-order valence-electron chi connectivity index (χ2n) is 3.23. The zero-order valence-corrected chi connectivity index (χ0v) is 9.27. The van der Waals surface area contributed by atoms with Crippen molar-refractivity contribution in [2.24, 2.45) is 0 Å². The molecule has 0 saturated carbocycles. The van der Waals surface area contributed by atoms with Gasteiger partial charge in [0, 0.05) is 20.3 Å². The van der Waals surface area contributed by atoms with E-state index in [0.29, 0.717) is 6.54 Å². The molecule has 0 rings (SSSR count). The summed E-state index contributed by atoms with van der Waals surface area (Å²) in [5, 5.41) is 5.89. The summed E-state index contributed by atoms with van der Waals surface area (Å²) in [6, 6.07) is 0. The molecule has 84 valence electrons. The molecule has 0 aromatic heterocycles. The third-order valence-electron chi connectivity index (χ3n) is 1.81. The number of nitrogens with one attached hydrogen (secondary N) is 2. The largest absolute Gasteiger partial charge is 0.385 e. The number of amides is 1. The van der Waals surface area contributed by atoms with Gasteiger partial charge in [-0.3, -0.25) is 4.79 Å². The van der Waals surface area contributed by atoms with E-state index in [9.17, 15) is 4.79 Å². The predicted octanol–water partition coefficient (Wildman–Crippen LogP) is 0.529. The van der Waals surface area contributed by atoms with Crippen LogP contribution < -0.4 is 10.6 Å². The van der Waals surface area contributed by atoms with Crippen molar-refractivity contribution in [3.05, 3.63) is 0 Å². The second kappa shape index (κ2) is 10.5. The summed E-state index contributed by atoms with van der Waals surface area (Å²) in [6.07, 6.45) is 3.08. The van der Waals surface area contributed by atoms with E-state index >= 15 is 0 Å². The van der Waals surface area contributed by atoms with Crippen molar-refractivity contribution < 1.29 is 9.53 Å². The SMILES string of the molecule is CCCNC(=O)CNCCCCOC. The number of methoxy groups -OCH3 is 1. The van der Waals surface area contributed by atoms with Crippen molar-refractivity contribution in [1.82, 2.24) is 10.6 Å². The molecule has 0 aliphatic carbocycles. The van der Waals surface area contributed by atoms with Crippen molar-refractivity contribution in [2.75, 3.05) is 33.4 Å². The summed E-state index contributed by atoms with van der Waals surface area (Å²) >= 11 is 0. The monoisotopic (exact) mass is 202 g/mol. The summed E-state index contributed by atoms with van der Waals surface area (Å²) in [6.45, 7) is 4.91. The Balaban J connectivity index is 3.07. The molecule has 0 bridgehead atoms. The number of carbonyl (C=O) groups excluding carboxylic acids is 1. The Morgan fingerprint density at radius 1 is 1.29 bits per heavy atom. The van der Waals surface area contributed by atoms with Crippen LogP contribution in [0.25, 0.3) is 0 Å². The third-order valence-corrected chi connectivity index (χ3v) is 1.81. The van der Waals surface area contributed by atoms with Crippen LogP contribution in [0.5, 0.6) is 0 Å². The summed E-state index contributed by atoms with van der Waals surface area (Å²) in [5.41, 5.74) is 0. The lowest BCUT2D eigenvalue weighted by atomic mass is 10.3. The smallest absolute Gasteiger partial charge is 0.233 e. The minimum absolute atomic E-state index is 0.0820.